The summed E-state index contributed by atoms with van der Waals surface area (Å²) in [5.74, 6) is -0.0725. The number of sulfone groups is 1. The first-order valence-electron chi connectivity index (χ1n) is 7.23. The molecule has 0 unspecified atom stereocenters. The third-order valence-corrected chi connectivity index (χ3v) is 5.22. The standard InChI is InChI=1S/C19H15NO2S/c20-12-15-5-3-6-16(11-15)13-23(21,22)14-18-9-4-8-17-7-1-2-10-19(17)18/h1-11H,13-14H2. The van der Waals surface area contributed by atoms with Crippen molar-refractivity contribution < 1.29 is 8.42 Å². The van der Waals surface area contributed by atoms with E-state index in [2.05, 4.69) is 0 Å². The molecular formula is C19H15NO2S. The minimum atomic E-state index is -3.31. The Kier molecular flexibility index (Phi) is 4.14. The van der Waals surface area contributed by atoms with Crippen LogP contribution in [0.1, 0.15) is 16.7 Å². The van der Waals surface area contributed by atoms with Gasteiger partial charge in [-0.3, -0.25) is 0 Å². The van der Waals surface area contributed by atoms with Crippen molar-refractivity contribution in [1.29, 1.82) is 5.26 Å². The number of hydrogen-bond donors (Lipinski definition) is 0. The lowest BCUT2D eigenvalue weighted by molar-refractivity contribution is 0.594. The van der Waals surface area contributed by atoms with Gasteiger partial charge in [0.2, 0.25) is 0 Å². The molecule has 0 spiro atoms. The molecule has 0 saturated carbocycles. The molecule has 0 saturated heterocycles. The normalized spacial score (nSPS) is 11.3. The number of fused-ring (bicyclic) bond motifs is 1. The zero-order chi connectivity index (χ0) is 16.3. The van der Waals surface area contributed by atoms with E-state index in [4.69, 9.17) is 5.26 Å². The van der Waals surface area contributed by atoms with E-state index in [0.717, 1.165) is 16.3 Å². The average molecular weight is 321 g/mol. The van der Waals surface area contributed by atoms with Crippen molar-refractivity contribution in [2.45, 2.75) is 11.5 Å². The van der Waals surface area contributed by atoms with Crippen LogP contribution >= 0.6 is 0 Å². The van der Waals surface area contributed by atoms with Crippen LogP contribution in [0.15, 0.2) is 66.7 Å². The van der Waals surface area contributed by atoms with Crippen LogP contribution in [0.4, 0.5) is 0 Å². The molecule has 23 heavy (non-hydrogen) atoms. The number of rotatable bonds is 4. The van der Waals surface area contributed by atoms with E-state index >= 15 is 0 Å². The van der Waals surface area contributed by atoms with Gasteiger partial charge in [0, 0.05) is 0 Å². The molecule has 4 heteroatoms. The Morgan fingerprint density at radius 1 is 0.870 bits per heavy atom. The molecule has 3 aromatic carbocycles. The van der Waals surface area contributed by atoms with Crippen molar-refractivity contribution in [3.63, 3.8) is 0 Å². The molecule has 0 aliphatic carbocycles. The second-order valence-electron chi connectivity index (χ2n) is 5.48. The molecule has 3 aromatic rings. The first kappa shape index (κ1) is 15.3. The fourth-order valence-electron chi connectivity index (χ4n) is 2.69. The quantitative estimate of drug-likeness (QED) is 0.734. The molecule has 0 radical (unpaired) electrons. The van der Waals surface area contributed by atoms with E-state index in [1.807, 2.05) is 48.5 Å². The third-order valence-electron chi connectivity index (χ3n) is 3.70. The largest absolute Gasteiger partial charge is 0.228 e. The van der Waals surface area contributed by atoms with Gasteiger partial charge < -0.3 is 0 Å². The molecule has 0 N–H and O–H groups in total. The summed E-state index contributed by atoms with van der Waals surface area (Å²) < 4.78 is 25.1. The Morgan fingerprint density at radius 2 is 1.61 bits per heavy atom. The molecule has 0 aliphatic rings. The van der Waals surface area contributed by atoms with Gasteiger partial charge in [-0.2, -0.15) is 5.26 Å². The maximum Gasteiger partial charge on any atom is 0.158 e. The highest BCUT2D eigenvalue weighted by Crippen LogP contribution is 2.22. The molecule has 0 heterocycles. The van der Waals surface area contributed by atoms with Crippen LogP contribution in [0.2, 0.25) is 0 Å². The summed E-state index contributed by atoms with van der Waals surface area (Å²) >= 11 is 0. The first-order chi connectivity index (χ1) is 11.1. The van der Waals surface area contributed by atoms with Gasteiger partial charge in [-0.25, -0.2) is 8.42 Å². The van der Waals surface area contributed by atoms with Crippen molar-refractivity contribution >= 4 is 20.6 Å². The third kappa shape index (κ3) is 3.58. The Bertz CT molecular complexity index is 996. The predicted octanol–water partition coefficient (Wildman–Crippen LogP) is 3.83. The Labute approximate surface area is 135 Å². The molecule has 0 amide bonds. The van der Waals surface area contributed by atoms with Gasteiger partial charge in [0.25, 0.3) is 0 Å². The first-order valence-corrected chi connectivity index (χ1v) is 9.06. The van der Waals surface area contributed by atoms with E-state index in [-0.39, 0.29) is 11.5 Å². The summed E-state index contributed by atoms with van der Waals surface area (Å²) in [7, 11) is -3.31. The van der Waals surface area contributed by atoms with Crippen molar-refractivity contribution in [1.82, 2.24) is 0 Å². The van der Waals surface area contributed by atoms with Crippen LogP contribution < -0.4 is 0 Å². The van der Waals surface area contributed by atoms with Crippen molar-refractivity contribution in [3.05, 3.63) is 83.4 Å². The van der Waals surface area contributed by atoms with E-state index in [0.29, 0.717) is 11.1 Å². The van der Waals surface area contributed by atoms with Crippen LogP contribution in [0, 0.1) is 11.3 Å². The summed E-state index contributed by atoms with van der Waals surface area (Å²) in [5, 5.41) is 10.9. The number of benzene rings is 3. The zero-order valence-corrected chi connectivity index (χ0v) is 13.3. The van der Waals surface area contributed by atoms with Gasteiger partial charge >= 0.3 is 0 Å². The average Bonchev–Trinajstić information content (AvgIpc) is 2.54. The number of nitriles is 1. The Hall–Kier alpha value is -2.64. The molecule has 3 nitrogen and oxygen atoms in total. The van der Waals surface area contributed by atoms with E-state index in [1.54, 1.807) is 24.3 Å². The predicted molar refractivity (Wildman–Crippen MR) is 91.4 cm³/mol. The van der Waals surface area contributed by atoms with Crippen LogP contribution in [0.5, 0.6) is 0 Å². The maximum atomic E-state index is 12.5. The number of nitrogens with zero attached hydrogens (tertiary/aromatic N) is 1. The van der Waals surface area contributed by atoms with Gasteiger partial charge in [-0.1, -0.05) is 54.6 Å². The molecule has 3 rings (SSSR count). The molecule has 0 aromatic heterocycles. The molecule has 0 fully saturated rings. The lowest BCUT2D eigenvalue weighted by Crippen LogP contribution is -2.08. The van der Waals surface area contributed by atoms with Crippen LogP contribution in [0.25, 0.3) is 10.8 Å². The summed E-state index contributed by atoms with van der Waals surface area (Å²) in [6.45, 7) is 0. The van der Waals surface area contributed by atoms with E-state index in [9.17, 15) is 8.42 Å². The molecular weight excluding hydrogens is 306 g/mol. The summed E-state index contributed by atoms with van der Waals surface area (Å²) in [6, 6.07) is 22.2. The monoisotopic (exact) mass is 321 g/mol. The highest BCUT2D eigenvalue weighted by Gasteiger charge is 2.15. The fourth-order valence-corrected chi connectivity index (χ4v) is 4.21. The van der Waals surface area contributed by atoms with Gasteiger partial charge in [0.1, 0.15) is 0 Å². The summed E-state index contributed by atoms with van der Waals surface area (Å²) in [5.41, 5.74) is 1.92. The number of hydrogen-bond acceptors (Lipinski definition) is 3. The van der Waals surface area contributed by atoms with Crippen LogP contribution in [-0.4, -0.2) is 8.42 Å². The molecule has 114 valence electrons. The van der Waals surface area contributed by atoms with Crippen LogP contribution in [-0.2, 0) is 21.3 Å². The highest BCUT2D eigenvalue weighted by atomic mass is 32.2. The van der Waals surface area contributed by atoms with Crippen LogP contribution in [0.3, 0.4) is 0 Å². The van der Waals surface area contributed by atoms with Gasteiger partial charge in [-0.05, 0) is 34.0 Å². The minimum Gasteiger partial charge on any atom is -0.228 e. The van der Waals surface area contributed by atoms with E-state index in [1.165, 1.54) is 0 Å². The van der Waals surface area contributed by atoms with Crippen molar-refractivity contribution in [3.8, 4) is 6.07 Å². The van der Waals surface area contributed by atoms with Gasteiger partial charge in [0.05, 0.1) is 23.1 Å². The summed E-state index contributed by atoms with van der Waals surface area (Å²) in [4.78, 5) is 0. The second-order valence-corrected chi connectivity index (χ2v) is 7.55. The zero-order valence-electron chi connectivity index (χ0n) is 12.4. The lowest BCUT2D eigenvalue weighted by atomic mass is 10.1. The summed E-state index contributed by atoms with van der Waals surface area (Å²) in [6.07, 6.45) is 0. The SMILES string of the molecule is N#Cc1cccc(CS(=O)(=O)Cc2cccc3ccccc23)c1. The van der Waals surface area contributed by atoms with Crippen molar-refractivity contribution in [2.75, 3.05) is 0 Å². The van der Waals surface area contributed by atoms with Gasteiger partial charge in [0.15, 0.2) is 9.84 Å². The molecule has 0 aliphatic heterocycles. The fraction of sp³-hybridized carbons (Fsp3) is 0.105. The topological polar surface area (TPSA) is 57.9 Å². The van der Waals surface area contributed by atoms with Gasteiger partial charge in [-0.15, -0.1) is 0 Å². The molecule has 0 bridgehead atoms. The lowest BCUT2D eigenvalue weighted by Gasteiger charge is -2.08. The van der Waals surface area contributed by atoms with Crippen molar-refractivity contribution in [2.24, 2.45) is 0 Å². The molecule has 0 atom stereocenters. The second kappa shape index (κ2) is 6.23. The Morgan fingerprint density at radius 3 is 2.43 bits per heavy atom. The highest BCUT2D eigenvalue weighted by molar-refractivity contribution is 7.89. The van der Waals surface area contributed by atoms with E-state index < -0.39 is 9.84 Å². The minimum absolute atomic E-state index is 0.00880. The maximum absolute atomic E-state index is 12.5. The smallest absolute Gasteiger partial charge is 0.158 e. The Balaban J connectivity index is 1.90.